The van der Waals surface area contributed by atoms with Crippen molar-refractivity contribution in [3.63, 3.8) is 0 Å². The third-order valence-corrected chi connectivity index (χ3v) is 4.17. The zero-order valence-corrected chi connectivity index (χ0v) is 11.2. The lowest BCUT2D eigenvalue weighted by Gasteiger charge is -2.11. The van der Waals surface area contributed by atoms with Gasteiger partial charge in [-0.3, -0.25) is 4.72 Å². The fourth-order valence-electron chi connectivity index (χ4n) is 1.50. The van der Waals surface area contributed by atoms with Crippen LogP contribution in [0.4, 0.5) is 15.8 Å². The molecule has 0 saturated heterocycles. The van der Waals surface area contributed by atoms with Gasteiger partial charge in [0.15, 0.2) is 0 Å². The number of rotatable bonds is 3. The molecule has 0 unspecified atom stereocenters. The summed E-state index contributed by atoms with van der Waals surface area (Å²) < 4.78 is 39.8. The number of benzene rings is 2. The molecule has 4 nitrogen and oxygen atoms in total. The molecule has 0 aliphatic rings. The summed E-state index contributed by atoms with van der Waals surface area (Å²) in [6.07, 6.45) is 0. The van der Waals surface area contributed by atoms with Crippen molar-refractivity contribution in [2.45, 2.75) is 4.90 Å². The maximum absolute atomic E-state index is 13.3. The number of sulfonamides is 1. The van der Waals surface area contributed by atoms with Crippen molar-refractivity contribution in [3.8, 4) is 0 Å². The second kappa shape index (κ2) is 5.07. The summed E-state index contributed by atoms with van der Waals surface area (Å²) in [6.45, 7) is 0. The molecule has 0 radical (unpaired) electrons. The maximum atomic E-state index is 13.3. The fourth-order valence-corrected chi connectivity index (χ4v) is 2.96. The molecule has 19 heavy (non-hydrogen) atoms. The SMILES string of the molecule is Nc1c(F)cccc1S(=O)(=O)Nc1ccccc1Cl. The van der Waals surface area contributed by atoms with Gasteiger partial charge in [-0.1, -0.05) is 29.8 Å². The summed E-state index contributed by atoms with van der Waals surface area (Å²) in [5.74, 6) is -0.790. The average Bonchev–Trinajstić information content (AvgIpc) is 2.35. The largest absolute Gasteiger partial charge is 0.395 e. The van der Waals surface area contributed by atoms with E-state index in [1.807, 2.05) is 0 Å². The van der Waals surface area contributed by atoms with E-state index in [-0.39, 0.29) is 15.6 Å². The molecule has 2 aromatic carbocycles. The first-order valence-corrected chi connectivity index (χ1v) is 7.09. The minimum atomic E-state index is -3.99. The van der Waals surface area contributed by atoms with Gasteiger partial charge in [0.1, 0.15) is 10.7 Å². The lowest BCUT2D eigenvalue weighted by molar-refractivity contribution is 0.597. The molecule has 2 aromatic rings. The molecule has 0 heterocycles. The van der Waals surface area contributed by atoms with Crippen LogP contribution in [0, 0.1) is 5.82 Å². The van der Waals surface area contributed by atoms with Crippen molar-refractivity contribution in [1.82, 2.24) is 0 Å². The molecule has 3 N–H and O–H groups in total. The van der Waals surface area contributed by atoms with Gasteiger partial charge in [-0.2, -0.15) is 0 Å². The lowest BCUT2D eigenvalue weighted by atomic mass is 10.3. The quantitative estimate of drug-likeness (QED) is 0.856. The van der Waals surface area contributed by atoms with Crippen molar-refractivity contribution in [3.05, 3.63) is 53.3 Å². The number of hydrogen-bond donors (Lipinski definition) is 2. The summed E-state index contributed by atoms with van der Waals surface area (Å²) >= 11 is 5.86. The normalized spacial score (nSPS) is 11.3. The number of nitrogens with two attached hydrogens (primary N) is 1. The van der Waals surface area contributed by atoms with E-state index < -0.39 is 21.5 Å². The number of halogens is 2. The highest BCUT2D eigenvalue weighted by molar-refractivity contribution is 7.92. The predicted octanol–water partition coefficient (Wildman–Crippen LogP) is 2.86. The Hall–Kier alpha value is -1.79. The highest BCUT2D eigenvalue weighted by Crippen LogP contribution is 2.27. The molecule has 0 amide bonds. The van der Waals surface area contributed by atoms with Crippen LogP contribution in [-0.4, -0.2) is 8.42 Å². The number of nitrogens with one attached hydrogen (secondary N) is 1. The van der Waals surface area contributed by atoms with Crippen molar-refractivity contribution in [2.24, 2.45) is 0 Å². The monoisotopic (exact) mass is 300 g/mol. The van der Waals surface area contributed by atoms with Gasteiger partial charge in [-0.15, -0.1) is 0 Å². The molecule has 0 fully saturated rings. The Morgan fingerprint density at radius 1 is 1.11 bits per heavy atom. The van der Waals surface area contributed by atoms with Crippen LogP contribution in [0.5, 0.6) is 0 Å². The molecular formula is C12H10ClFN2O2S. The molecule has 0 aliphatic heterocycles. The molecule has 0 saturated carbocycles. The Morgan fingerprint density at radius 3 is 2.47 bits per heavy atom. The first-order valence-electron chi connectivity index (χ1n) is 5.23. The molecule has 100 valence electrons. The van der Waals surface area contributed by atoms with Gasteiger partial charge in [0.25, 0.3) is 10.0 Å². The zero-order valence-electron chi connectivity index (χ0n) is 9.60. The van der Waals surface area contributed by atoms with Gasteiger partial charge >= 0.3 is 0 Å². The minimum absolute atomic E-state index is 0.202. The molecule has 0 aliphatic carbocycles. The minimum Gasteiger partial charge on any atom is -0.395 e. The van der Waals surface area contributed by atoms with Crippen LogP contribution in [0.2, 0.25) is 5.02 Å². The first kappa shape index (κ1) is 13.6. The third kappa shape index (κ3) is 2.80. The van der Waals surface area contributed by atoms with E-state index in [9.17, 15) is 12.8 Å². The fraction of sp³-hybridized carbons (Fsp3) is 0. The van der Waals surface area contributed by atoms with Crippen LogP contribution in [0.15, 0.2) is 47.4 Å². The summed E-state index contributed by atoms with van der Waals surface area (Å²) in [6, 6.07) is 9.90. The van der Waals surface area contributed by atoms with E-state index in [1.54, 1.807) is 12.1 Å². The highest BCUT2D eigenvalue weighted by atomic mass is 35.5. The van der Waals surface area contributed by atoms with Crippen molar-refractivity contribution in [2.75, 3.05) is 10.5 Å². The standard InChI is InChI=1S/C12H10ClFN2O2S/c13-8-4-1-2-6-10(8)16-19(17,18)11-7-3-5-9(14)12(11)15/h1-7,16H,15H2. The highest BCUT2D eigenvalue weighted by Gasteiger charge is 2.20. The van der Waals surface area contributed by atoms with E-state index >= 15 is 0 Å². The number of hydrogen-bond acceptors (Lipinski definition) is 3. The molecule has 2 rings (SSSR count). The second-order valence-electron chi connectivity index (χ2n) is 3.74. The number of para-hydroxylation sites is 2. The van der Waals surface area contributed by atoms with Crippen molar-refractivity contribution in [1.29, 1.82) is 0 Å². The van der Waals surface area contributed by atoms with E-state index in [1.165, 1.54) is 24.3 Å². The van der Waals surface area contributed by atoms with Crippen LogP contribution >= 0.6 is 11.6 Å². The summed E-state index contributed by atoms with van der Waals surface area (Å²) in [5, 5.41) is 0.237. The van der Waals surface area contributed by atoms with Crippen molar-refractivity contribution >= 4 is 33.0 Å². The summed E-state index contributed by atoms with van der Waals surface area (Å²) in [4.78, 5) is -0.326. The maximum Gasteiger partial charge on any atom is 0.264 e. The van der Waals surface area contributed by atoms with Gasteiger partial charge < -0.3 is 5.73 Å². The predicted molar refractivity (Wildman–Crippen MR) is 73.1 cm³/mol. The smallest absolute Gasteiger partial charge is 0.264 e. The van der Waals surface area contributed by atoms with E-state index in [0.29, 0.717) is 0 Å². The zero-order chi connectivity index (χ0) is 14.0. The molecule has 0 atom stereocenters. The van der Waals surface area contributed by atoms with Gasteiger partial charge in [-0.25, -0.2) is 12.8 Å². The molecule has 0 aromatic heterocycles. The van der Waals surface area contributed by atoms with Gasteiger partial charge in [-0.05, 0) is 24.3 Å². The Labute approximate surface area is 115 Å². The molecule has 7 heteroatoms. The van der Waals surface area contributed by atoms with Crippen LogP contribution in [0.25, 0.3) is 0 Å². The second-order valence-corrected chi connectivity index (χ2v) is 5.80. The van der Waals surface area contributed by atoms with Gasteiger partial charge in [0.2, 0.25) is 0 Å². The molecular weight excluding hydrogens is 291 g/mol. The first-order chi connectivity index (χ1) is 8.92. The Morgan fingerprint density at radius 2 is 1.79 bits per heavy atom. The van der Waals surface area contributed by atoms with Crippen LogP contribution in [-0.2, 0) is 10.0 Å². The molecule has 0 bridgehead atoms. The Balaban J connectivity index is 2.44. The van der Waals surface area contributed by atoms with Crippen molar-refractivity contribution < 1.29 is 12.8 Å². The van der Waals surface area contributed by atoms with Crippen LogP contribution < -0.4 is 10.5 Å². The summed E-state index contributed by atoms with van der Waals surface area (Å²) in [5.41, 5.74) is 5.21. The van der Waals surface area contributed by atoms with Gasteiger partial charge in [0.05, 0.1) is 16.4 Å². The Kier molecular flexibility index (Phi) is 3.64. The average molecular weight is 301 g/mol. The van der Waals surface area contributed by atoms with E-state index in [0.717, 1.165) is 6.07 Å². The van der Waals surface area contributed by atoms with E-state index in [2.05, 4.69) is 4.72 Å². The number of anilines is 2. The van der Waals surface area contributed by atoms with Crippen LogP contribution in [0.1, 0.15) is 0 Å². The lowest BCUT2D eigenvalue weighted by Crippen LogP contribution is -2.15. The van der Waals surface area contributed by atoms with Gasteiger partial charge in [0, 0.05) is 0 Å². The number of nitrogen functional groups attached to an aromatic ring is 1. The topological polar surface area (TPSA) is 72.2 Å². The third-order valence-electron chi connectivity index (χ3n) is 2.42. The van der Waals surface area contributed by atoms with Crippen LogP contribution in [0.3, 0.4) is 0 Å². The Bertz CT molecular complexity index is 719. The van der Waals surface area contributed by atoms with E-state index in [4.69, 9.17) is 17.3 Å². The molecule has 0 spiro atoms. The summed E-state index contributed by atoms with van der Waals surface area (Å²) in [7, 11) is -3.99.